The molecule has 0 N–H and O–H groups in total. The molecule has 0 spiro atoms. The van der Waals surface area contributed by atoms with E-state index < -0.39 is 11.9 Å². The number of amides is 1. The fraction of sp³-hybridized carbons (Fsp3) is 0.250. The number of aryl methyl sites for hydroxylation is 1. The number of carbonyl (C=O) groups is 1. The van der Waals surface area contributed by atoms with Gasteiger partial charge in [0.2, 0.25) is 0 Å². The van der Waals surface area contributed by atoms with Gasteiger partial charge in [-0.2, -0.15) is 0 Å². The molecule has 0 bridgehead atoms. The molecule has 1 saturated heterocycles. The fourth-order valence-electron chi connectivity index (χ4n) is 4.04. The van der Waals surface area contributed by atoms with E-state index in [1.165, 1.54) is 4.68 Å². The van der Waals surface area contributed by atoms with Crippen molar-refractivity contribution in [3.05, 3.63) is 80.4 Å². The molecule has 0 saturated carbocycles. The largest absolute Gasteiger partial charge is 0.377 e. The smallest absolute Gasteiger partial charge is 0.260 e. The first-order valence-corrected chi connectivity index (χ1v) is 12.6. The molecule has 11 heteroatoms. The Morgan fingerprint density at radius 2 is 2.00 bits per heavy atom. The molecule has 1 aliphatic rings. The Bertz CT molecular complexity index is 1370. The fourth-order valence-corrected chi connectivity index (χ4v) is 4.66. The van der Waals surface area contributed by atoms with Crippen molar-refractivity contribution in [2.75, 3.05) is 19.8 Å². The van der Waals surface area contributed by atoms with Gasteiger partial charge in [-0.15, -0.1) is 5.10 Å². The van der Waals surface area contributed by atoms with Crippen LogP contribution in [-0.2, 0) is 11.2 Å². The molecular formula is C24H20Br2FN5O3. The van der Waals surface area contributed by atoms with Crippen LogP contribution >= 0.6 is 31.9 Å². The number of hydrogen-bond donors (Lipinski definition) is 0. The molecule has 2 aromatic carbocycles. The molecule has 4 aromatic rings. The summed E-state index contributed by atoms with van der Waals surface area (Å²) in [4.78, 5) is 15.6. The molecule has 3 heterocycles. The van der Waals surface area contributed by atoms with E-state index in [2.05, 4.69) is 47.3 Å². The first-order valence-electron chi connectivity index (χ1n) is 11.0. The van der Waals surface area contributed by atoms with Gasteiger partial charge >= 0.3 is 0 Å². The zero-order chi connectivity index (χ0) is 24.5. The summed E-state index contributed by atoms with van der Waals surface area (Å²) in [5, 5.41) is 12.6. The van der Waals surface area contributed by atoms with Crippen LogP contribution < -0.4 is 0 Å². The Balaban J connectivity index is 1.50. The van der Waals surface area contributed by atoms with Crippen LogP contribution in [0.1, 0.15) is 34.8 Å². The monoisotopic (exact) mass is 603 g/mol. The van der Waals surface area contributed by atoms with Crippen molar-refractivity contribution in [2.45, 2.75) is 19.4 Å². The number of benzene rings is 2. The van der Waals surface area contributed by atoms with Crippen LogP contribution in [0.3, 0.4) is 0 Å². The van der Waals surface area contributed by atoms with Gasteiger partial charge in [-0.25, -0.2) is 9.07 Å². The van der Waals surface area contributed by atoms with Crippen LogP contribution in [0.5, 0.6) is 0 Å². The summed E-state index contributed by atoms with van der Waals surface area (Å²) < 4.78 is 28.4. The van der Waals surface area contributed by atoms with Gasteiger partial charge in [-0.1, -0.05) is 51.4 Å². The number of carbonyl (C=O) groups excluding carboxylic acids is 1. The number of hydrogen-bond acceptors (Lipinski definition) is 6. The lowest BCUT2D eigenvalue weighted by Crippen LogP contribution is -2.44. The maximum Gasteiger partial charge on any atom is 0.260 e. The van der Waals surface area contributed by atoms with Crippen molar-refractivity contribution in [3.8, 4) is 16.9 Å². The van der Waals surface area contributed by atoms with E-state index in [-0.39, 0.29) is 18.2 Å². The van der Waals surface area contributed by atoms with E-state index in [9.17, 15) is 9.18 Å². The van der Waals surface area contributed by atoms with Crippen LogP contribution in [0, 0.1) is 5.82 Å². The van der Waals surface area contributed by atoms with Crippen molar-refractivity contribution >= 4 is 37.8 Å². The SMILES string of the molecule is CCc1onc(-c2ccc(Br)cc2)c1C(=O)N1CCOCC1c1cn(-c2cccc(Br)c2F)nn1. The predicted octanol–water partition coefficient (Wildman–Crippen LogP) is 5.36. The minimum absolute atomic E-state index is 0.225. The van der Waals surface area contributed by atoms with E-state index >= 15 is 0 Å². The van der Waals surface area contributed by atoms with Gasteiger partial charge in [-0.05, 0) is 40.2 Å². The third-order valence-corrected chi connectivity index (χ3v) is 6.98. The van der Waals surface area contributed by atoms with Crippen LogP contribution in [-0.4, -0.2) is 50.7 Å². The zero-order valence-corrected chi connectivity index (χ0v) is 21.8. The highest BCUT2D eigenvalue weighted by molar-refractivity contribution is 9.10. The van der Waals surface area contributed by atoms with E-state index in [0.29, 0.717) is 46.8 Å². The molecular weight excluding hydrogens is 585 g/mol. The van der Waals surface area contributed by atoms with Gasteiger partial charge in [0.25, 0.3) is 5.91 Å². The topological polar surface area (TPSA) is 86.3 Å². The number of rotatable bonds is 5. The minimum Gasteiger partial charge on any atom is -0.377 e. The molecule has 1 fully saturated rings. The van der Waals surface area contributed by atoms with Crippen molar-refractivity contribution in [1.29, 1.82) is 0 Å². The summed E-state index contributed by atoms with van der Waals surface area (Å²) in [6.45, 7) is 2.90. The maximum atomic E-state index is 14.6. The van der Waals surface area contributed by atoms with Crippen molar-refractivity contribution in [2.24, 2.45) is 0 Å². The summed E-state index contributed by atoms with van der Waals surface area (Å²) in [5.74, 6) is -0.163. The maximum absolute atomic E-state index is 14.6. The highest BCUT2D eigenvalue weighted by atomic mass is 79.9. The van der Waals surface area contributed by atoms with Gasteiger partial charge < -0.3 is 14.2 Å². The molecule has 1 unspecified atom stereocenters. The van der Waals surface area contributed by atoms with Crippen molar-refractivity contribution in [1.82, 2.24) is 25.1 Å². The molecule has 35 heavy (non-hydrogen) atoms. The number of halogens is 3. The van der Waals surface area contributed by atoms with Gasteiger partial charge in [0, 0.05) is 23.0 Å². The average molecular weight is 605 g/mol. The lowest BCUT2D eigenvalue weighted by Gasteiger charge is -2.34. The predicted molar refractivity (Wildman–Crippen MR) is 133 cm³/mol. The summed E-state index contributed by atoms with van der Waals surface area (Å²) in [6.07, 6.45) is 2.13. The first-order chi connectivity index (χ1) is 17.0. The highest BCUT2D eigenvalue weighted by Gasteiger charge is 2.35. The molecule has 180 valence electrons. The highest BCUT2D eigenvalue weighted by Crippen LogP contribution is 2.32. The third-order valence-electron chi connectivity index (χ3n) is 5.84. The van der Waals surface area contributed by atoms with E-state index in [0.717, 1.165) is 10.0 Å². The molecule has 1 amide bonds. The molecule has 2 aromatic heterocycles. The standard InChI is InChI=1S/C24H20Br2FN5O3/c1-2-20-21(23(29-35-20)14-6-8-15(25)9-7-14)24(33)31-10-11-34-13-19(31)17-12-32(30-28-17)18-5-3-4-16(26)22(18)27/h3-9,12,19H,2,10-11,13H2,1H3. The number of ether oxygens (including phenoxy) is 1. The summed E-state index contributed by atoms with van der Waals surface area (Å²) in [7, 11) is 0. The molecule has 0 radical (unpaired) electrons. The summed E-state index contributed by atoms with van der Waals surface area (Å²) >= 11 is 6.63. The van der Waals surface area contributed by atoms with Gasteiger partial charge in [0.15, 0.2) is 5.82 Å². The van der Waals surface area contributed by atoms with Crippen LogP contribution in [0.25, 0.3) is 16.9 Å². The van der Waals surface area contributed by atoms with Gasteiger partial charge in [-0.3, -0.25) is 4.79 Å². The molecule has 1 aliphatic heterocycles. The van der Waals surface area contributed by atoms with Crippen LogP contribution in [0.4, 0.5) is 4.39 Å². The number of morpholine rings is 1. The van der Waals surface area contributed by atoms with E-state index in [1.54, 1.807) is 29.3 Å². The van der Waals surface area contributed by atoms with Crippen LogP contribution in [0.15, 0.2) is 62.1 Å². The van der Waals surface area contributed by atoms with Gasteiger partial charge in [0.05, 0.1) is 23.9 Å². The van der Waals surface area contributed by atoms with Gasteiger partial charge in [0.1, 0.15) is 34.4 Å². The zero-order valence-electron chi connectivity index (χ0n) is 18.6. The van der Waals surface area contributed by atoms with E-state index in [4.69, 9.17) is 9.26 Å². The molecule has 5 rings (SSSR count). The lowest BCUT2D eigenvalue weighted by atomic mass is 10.0. The first kappa shape index (κ1) is 23.8. The van der Waals surface area contributed by atoms with E-state index in [1.807, 2.05) is 31.2 Å². The third kappa shape index (κ3) is 4.55. The average Bonchev–Trinajstić information content (AvgIpc) is 3.53. The quantitative estimate of drug-likeness (QED) is 0.305. The molecule has 1 atom stereocenters. The van der Waals surface area contributed by atoms with Crippen molar-refractivity contribution in [3.63, 3.8) is 0 Å². The minimum atomic E-state index is -0.502. The Morgan fingerprint density at radius 1 is 1.20 bits per heavy atom. The Labute approximate surface area is 217 Å². The summed E-state index contributed by atoms with van der Waals surface area (Å²) in [5.41, 5.74) is 2.44. The molecule has 8 nitrogen and oxygen atoms in total. The Hall–Kier alpha value is -2.89. The van der Waals surface area contributed by atoms with Crippen molar-refractivity contribution < 1.29 is 18.4 Å². The van der Waals surface area contributed by atoms with Crippen LogP contribution in [0.2, 0.25) is 0 Å². The second-order valence-electron chi connectivity index (χ2n) is 7.94. The second kappa shape index (κ2) is 10.00. The summed E-state index contributed by atoms with van der Waals surface area (Å²) in [6, 6.07) is 12.0. The normalized spacial score (nSPS) is 16.0. The Kier molecular flexibility index (Phi) is 6.81. The Morgan fingerprint density at radius 3 is 2.77 bits per heavy atom. The number of nitrogens with zero attached hydrogens (tertiary/aromatic N) is 5. The second-order valence-corrected chi connectivity index (χ2v) is 9.71. The number of aromatic nitrogens is 4. The lowest BCUT2D eigenvalue weighted by molar-refractivity contribution is -0.00400. The molecule has 0 aliphatic carbocycles.